The van der Waals surface area contributed by atoms with Crippen molar-refractivity contribution in [3.05, 3.63) is 24.3 Å². The number of benzene rings is 1. The van der Waals surface area contributed by atoms with E-state index < -0.39 is 11.7 Å². The molecule has 4 saturated carbocycles. The highest BCUT2D eigenvalue weighted by Gasteiger charge is 2.51. The number of hydrogen-bond donors (Lipinski definition) is 3. The van der Waals surface area contributed by atoms with Crippen LogP contribution in [0.25, 0.3) is 0 Å². The second kappa shape index (κ2) is 8.75. The van der Waals surface area contributed by atoms with Crippen LogP contribution in [0, 0.1) is 23.2 Å². The second-order valence-corrected chi connectivity index (χ2v) is 11.1. The van der Waals surface area contributed by atoms with Gasteiger partial charge in [0.25, 0.3) is 0 Å². The summed E-state index contributed by atoms with van der Waals surface area (Å²) in [6.45, 7) is 5.08. The minimum absolute atomic E-state index is 0.0574. The third-order valence-electron chi connectivity index (χ3n) is 6.92. The molecule has 0 heterocycles. The predicted octanol–water partition coefficient (Wildman–Crippen LogP) is 4.69. The van der Waals surface area contributed by atoms with Crippen molar-refractivity contribution >= 4 is 29.3 Å². The quantitative estimate of drug-likeness (QED) is 0.596. The van der Waals surface area contributed by atoms with Crippen molar-refractivity contribution < 1.29 is 19.1 Å². The Bertz CT molecular complexity index is 854. The zero-order valence-electron chi connectivity index (χ0n) is 19.3. The summed E-state index contributed by atoms with van der Waals surface area (Å²) in [4.78, 5) is 36.7. The topological polar surface area (TPSA) is 96.5 Å². The van der Waals surface area contributed by atoms with E-state index in [1.54, 1.807) is 39.0 Å². The molecule has 4 aliphatic carbocycles. The van der Waals surface area contributed by atoms with E-state index in [2.05, 4.69) is 16.0 Å². The highest BCUT2D eigenvalue weighted by Crippen LogP contribution is 2.61. The highest BCUT2D eigenvalue weighted by molar-refractivity contribution is 5.96. The van der Waals surface area contributed by atoms with Gasteiger partial charge in [-0.2, -0.15) is 0 Å². The van der Waals surface area contributed by atoms with Gasteiger partial charge in [-0.1, -0.05) is 6.07 Å². The van der Waals surface area contributed by atoms with Crippen LogP contribution in [-0.4, -0.2) is 30.1 Å². The number of ether oxygens (including phenoxy) is 1. The summed E-state index contributed by atoms with van der Waals surface area (Å²) in [5.41, 5.74) is 0.799. The van der Waals surface area contributed by atoms with E-state index in [0.717, 1.165) is 17.8 Å². The molecule has 1 aromatic carbocycles. The number of carbonyl (C=O) groups is 3. The first-order valence-corrected chi connectivity index (χ1v) is 11.7. The largest absolute Gasteiger partial charge is 0.444 e. The van der Waals surface area contributed by atoms with Crippen molar-refractivity contribution in [1.82, 2.24) is 5.32 Å². The van der Waals surface area contributed by atoms with Crippen LogP contribution in [0.15, 0.2) is 24.3 Å². The number of amides is 3. The van der Waals surface area contributed by atoms with Gasteiger partial charge in [0.05, 0.1) is 0 Å². The Morgan fingerprint density at radius 2 is 1.47 bits per heavy atom. The van der Waals surface area contributed by atoms with Gasteiger partial charge < -0.3 is 20.7 Å². The summed E-state index contributed by atoms with van der Waals surface area (Å²) in [7, 11) is 0. The lowest BCUT2D eigenvalue weighted by molar-refractivity contribution is -0.124. The van der Waals surface area contributed by atoms with Crippen LogP contribution in [0.1, 0.15) is 65.7 Å². The van der Waals surface area contributed by atoms with E-state index in [4.69, 9.17) is 4.74 Å². The molecular weight excluding hydrogens is 406 g/mol. The fourth-order valence-electron chi connectivity index (χ4n) is 6.40. The maximum Gasteiger partial charge on any atom is 0.408 e. The molecule has 4 bridgehead atoms. The third-order valence-corrected chi connectivity index (χ3v) is 6.92. The van der Waals surface area contributed by atoms with Crippen LogP contribution in [0.4, 0.5) is 16.2 Å². The van der Waals surface area contributed by atoms with Gasteiger partial charge in [-0.05, 0) is 101 Å². The molecule has 0 atom stereocenters. The molecule has 0 radical (unpaired) electrons. The molecule has 0 saturated heterocycles. The average Bonchev–Trinajstić information content (AvgIpc) is 2.63. The summed E-state index contributed by atoms with van der Waals surface area (Å²) in [6, 6.07) is 7.10. The Balaban J connectivity index is 1.27. The van der Waals surface area contributed by atoms with Crippen molar-refractivity contribution in [3.8, 4) is 0 Å². The maximum atomic E-state index is 12.9. The molecule has 7 nitrogen and oxygen atoms in total. The van der Waals surface area contributed by atoms with E-state index in [1.807, 2.05) is 6.07 Å². The predicted molar refractivity (Wildman–Crippen MR) is 123 cm³/mol. The maximum absolute atomic E-state index is 12.9. The van der Waals surface area contributed by atoms with Crippen LogP contribution >= 0.6 is 0 Å². The van der Waals surface area contributed by atoms with Crippen molar-refractivity contribution in [3.63, 3.8) is 0 Å². The van der Waals surface area contributed by atoms with E-state index >= 15 is 0 Å². The van der Waals surface area contributed by atoms with Gasteiger partial charge in [-0.3, -0.25) is 9.59 Å². The van der Waals surface area contributed by atoms with E-state index in [-0.39, 0.29) is 23.8 Å². The van der Waals surface area contributed by atoms with Crippen molar-refractivity contribution in [2.75, 3.05) is 17.2 Å². The van der Waals surface area contributed by atoms with Crippen molar-refractivity contribution in [1.29, 1.82) is 0 Å². The number of rotatable bonds is 6. The molecular formula is C25H35N3O4. The van der Waals surface area contributed by atoms with Gasteiger partial charge in [0, 0.05) is 17.8 Å². The summed E-state index contributed by atoms with van der Waals surface area (Å²) < 4.78 is 5.12. The fourth-order valence-corrected chi connectivity index (χ4v) is 6.40. The Labute approximate surface area is 190 Å². The molecule has 32 heavy (non-hydrogen) atoms. The minimum atomic E-state index is -0.640. The van der Waals surface area contributed by atoms with Crippen LogP contribution in [0.5, 0.6) is 0 Å². The van der Waals surface area contributed by atoms with Crippen LogP contribution in [-0.2, 0) is 14.3 Å². The van der Waals surface area contributed by atoms with Crippen molar-refractivity contribution in [2.24, 2.45) is 23.2 Å². The molecule has 7 heteroatoms. The Morgan fingerprint density at radius 3 is 2.00 bits per heavy atom. The van der Waals surface area contributed by atoms with Crippen LogP contribution in [0.2, 0.25) is 0 Å². The summed E-state index contributed by atoms with van der Waals surface area (Å²) in [6.07, 6.45) is 7.65. The summed E-state index contributed by atoms with van der Waals surface area (Å²) in [5.74, 6) is 2.15. The lowest BCUT2D eigenvalue weighted by atomic mass is 9.49. The fraction of sp³-hybridized carbons (Fsp3) is 0.640. The van der Waals surface area contributed by atoms with Gasteiger partial charge in [-0.25, -0.2) is 4.79 Å². The Morgan fingerprint density at radius 1 is 0.938 bits per heavy atom. The minimum Gasteiger partial charge on any atom is -0.444 e. The smallest absolute Gasteiger partial charge is 0.408 e. The van der Waals surface area contributed by atoms with Gasteiger partial charge >= 0.3 is 6.09 Å². The summed E-state index contributed by atoms with van der Waals surface area (Å²) >= 11 is 0. The number of alkyl carbamates (subject to hydrolysis) is 1. The van der Waals surface area contributed by atoms with Gasteiger partial charge in [0.1, 0.15) is 12.1 Å². The Kier molecular flexibility index (Phi) is 6.19. The molecule has 5 rings (SSSR count). The lowest BCUT2D eigenvalue weighted by Crippen LogP contribution is -2.47. The van der Waals surface area contributed by atoms with Crippen LogP contribution in [0.3, 0.4) is 0 Å². The van der Waals surface area contributed by atoms with Gasteiger partial charge in [0.15, 0.2) is 0 Å². The number of anilines is 2. The highest BCUT2D eigenvalue weighted by atomic mass is 16.6. The third kappa shape index (κ3) is 5.81. The first-order valence-electron chi connectivity index (χ1n) is 11.7. The molecule has 1 aromatic rings. The monoisotopic (exact) mass is 441 g/mol. The molecule has 174 valence electrons. The second-order valence-electron chi connectivity index (χ2n) is 11.1. The molecule has 0 aliphatic heterocycles. The molecule has 3 N–H and O–H groups in total. The van der Waals surface area contributed by atoms with Gasteiger partial charge in [0.2, 0.25) is 11.8 Å². The SMILES string of the molecule is CC(C)(C)OC(=O)NCC(=O)Nc1cccc(NC(=O)CC23CC4CC(CC(C4)C2)C3)c1. The Hall–Kier alpha value is -2.57. The normalized spacial score (nSPS) is 28.2. The number of hydrogen-bond acceptors (Lipinski definition) is 4. The number of carbonyl (C=O) groups excluding carboxylic acids is 3. The zero-order valence-corrected chi connectivity index (χ0v) is 19.3. The molecule has 3 amide bonds. The zero-order chi connectivity index (χ0) is 22.9. The first-order chi connectivity index (χ1) is 15.1. The van der Waals surface area contributed by atoms with E-state index in [1.165, 1.54) is 38.5 Å². The molecule has 0 unspecified atom stereocenters. The first kappa shape index (κ1) is 22.6. The lowest BCUT2D eigenvalue weighted by Gasteiger charge is -2.56. The van der Waals surface area contributed by atoms with E-state index in [0.29, 0.717) is 17.8 Å². The average molecular weight is 442 g/mol. The van der Waals surface area contributed by atoms with E-state index in [9.17, 15) is 14.4 Å². The van der Waals surface area contributed by atoms with Gasteiger partial charge in [-0.15, -0.1) is 0 Å². The molecule has 0 aromatic heterocycles. The standard InChI is InChI=1S/C25H35N3O4/c1-24(2,3)32-23(31)26-15-22(30)28-20-6-4-5-19(10-20)27-21(29)14-25-11-16-7-17(12-25)9-18(8-16)13-25/h4-6,10,16-18H,7-9,11-15H2,1-3H3,(H,26,31)(H,27,29)(H,28,30). The summed E-state index contributed by atoms with van der Waals surface area (Å²) in [5, 5.41) is 8.20. The number of nitrogens with one attached hydrogen (secondary N) is 3. The van der Waals surface area contributed by atoms with Crippen molar-refractivity contribution in [2.45, 2.75) is 71.3 Å². The van der Waals surface area contributed by atoms with Crippen LogP contribution < -0.4 is 16.0 Å². The molecule has 0 spiro atoms. The molecule has 4 fully saturated rings. The molecule has 4 aliphatic rings.